The molecule has 0 radical (unpaired) electrons. The molecule has 1 N–H and O–H groups in total. The van der Waals surface area contributed by atoms with Gasteiger partial charge in [-0.1, -0.05) is 30.3 Å². The summed E-state index contributed by atoms with van der Waals surface area (Å²) in [5, 5.41) is 2.36. The minimum atomic E-state index is -0.357. The highest BCUT2D eigenvalue weighted by atomic mass is 32.2. The molecule has 2 aromatic carbocycles. The van der Waals surface area contributed by atoms with Crippen LogP contribution < -0.4 is 14.8 Å². The summed E-state index contributed by atoms with van der Waals surface area (Å²) in [4.78, 5) is 38.5. The number of methoxy groups -OCH3 is 2. The zero-order chi connectivity index (χ0) is 20.8. The number of carbonyl (C=O) groups excluding carboxylic acids is 3. The Morgan fingerprint density at radius 3 is 2.48 bits per heavy atom. The number of carbonyl (C=O) groups is 3. The van der Waals surface area contributed by atoms with Crippen LogP contribution in [-0.2, 0) is 4.79 Å². The number of rotatable bonds is 7. The first-order chi connectivity index (χ1) is 14.0. The van der Waals surface area contributed by atoms with Gasteiger partial charge in [-0.2, -0.15) is 0 Å². The summed E-state index contributed by atoms with van der Waals surface area (Å²) in [6.45, 7) is 0.236. The quantitative estimate of drug-likeness (QED) is 0.703. The smallest absolute Gasteiger partial charge is 0.293 e. The first-order valence-electron chi connectivity index (χ1n) is 8.84. The molecule has 2 aromatic rings. The molecule has 1 aliphatic heterocycles. The molecule has 29 heavy (non-hydrogen) atoms. The summed E-state index contributed by atoms with van der Waals surface area (Å²) in [7, 11) is 3.00. The van der Waals surface area contributed by atoms with Crippen molar-refractivity contribution in [2.45, 2.75) is 0 Å². The Labute approximate surface area is 172 Å². The van der Waals surface area contributed by atoms with Gasteiger partial charge in [0.2, 0.25) is 0 Å². The molecule has 0 spiro atoms. The number of ether oxygens (including phenoxy) is 2. The molecule has 8 heteroatoms. The first kappa shape index (κ1) is 20.5. The molecule has 0 bridgehead atoms. The van der Waals surface area contributed by atoms with E-state index in [0.29, 0.717) is 22.0 Å². The highest BCUT2D eigenvalue weighted by molar-refractivity contribution is 8.18. The average molecular weight is 412 g/mol. The third-order valence-corrected chi connectivity index (χ3v) is 5.15. The predicted molar refractivity (Wildman–Crippen MR) is 111 cm³/mol. The summed E-state index contributed by atoms with van der Waals surface area (Å²) >= 11 is 0.896. The van der Waals surface area contributed by atoms with Gasteiger partial charge in [-0.25, -0.2) is 0 Å². The van der Waals surface area contributed by atoms with Crippen molar-refractivity contribution < 1.29 is 23.9 Å². The molecule has 0 aromatic heterocycles. The normalized spacial score (nSPS) is 15.0. The van der Waals surface area contributed by atoms with E-state index < -0.39 is 0 Å². The van der Waals surface area contributed by atoms with E-state index in [1.54, 1.807) is 24.3 Å². The van der Waals surface area contributed by atoms with E-state index in [1.807, 2.05) is 30.3 Å². The molecule has 1 aliphatic rings. The minimum absolute atomic E-state index is 0.0931. The number of benzene rings is 2. The zero-order valence-electron chi connectivity index (χ0n) is 16.0. The van der Waals surface area contributed by atoms with Crippen LogP contribution in [0.4, 0.5) is 4.79 Å². The zero-order valence-corrected chi connectivity index (χ0v) is 16.8. The van der Waals surface area contributed by atoms with Gasteiger partial charge in [0.15, 0.2) is 11.5 Å². The molecule has 0 saturated carbocycles. The molecule has 1 saturated heterocycles. The number of nitrogens with zero attached hydrogens (tertiary/aromatic N) is 1. The summed E-state index contributed by atoms with van der Waals surface area (Å²) in [6, 6.07) is 14.1. The topological polar surface area (TPSA) is 84.9 Å². The molecule has 3 amide bonds. The fraction of sp³-hybridized carbons (Fsp3) is 0.190. The molecule has 1 fully saturated rings. The Morgan fingerprint density at radius 1 is 1.07 bits per heavy atom. The number of amides is 3. The van der Waals surface area contributed by atoms with Crippen LogP contribution in [0.15, 0.2) is 53.4 Å². The van der Waals surface area contributed by atoms with Gasteiger partial charge in [0.25, 0.3) is 17.1 Å². The second kappa shape index (κ2) is 9.29. The minimum Gasteiger partial charge on any atom is -0.493 e. The van der Waals surface area contributed by atoms with Gasteiger partial charge in [0.05, 0.1) is 19.1 Å². The van der Waals surface area contributed by atoms with Crippen molar-refractivity contribution in [1.82, 2.24) is 10.2 Å². The van der Waals surface area contributed by atoms with Crippen LogP contribution in [0.2, 0.25) is 0 Å². The monoisotopic (exact) mass is 412 g/mol. The lowest BCUT2D eigenvalue weighted by Crippen LogP contribution is -2.37. The number of imide groups is 1. The van der Waals surface area contributed by atoms with E-state index in [4.69, 9.17) is 9.47 Å². The van der Waals surface area contributed by atoms with Crippen LogP contribution >= 0.6 is 11.8 Å². The molecule has 150 valence electrons. The maximum absolute atomic E-state index is 12.5. The Morgan fingerprint density at radius 2 is 1.79 bits per heavy atom. The Kier molecular flexibility index (Phi) is 6.56. The Bertz CT molecular complexity index is 959. The van der Waals surface area contributed by atoms with Crippen LogP contribution in [0, 0.1) is 0 Å². The predicted octanol–water partition coefficient (Wildman–Crippen LogP) is 3.17. The fourth-order valence-corrected chi connectivity index (χ4v) is 3.62. The van der Waals surface area contributed by atoms with Crippen LogP contribution in [0.1, 0.15) is 15.9 Å². The van der Waals surface area contributed by atoms with Gasteiger partial charge in [0.1, 0.15) is 0 Å². The molecule has 0 unspecified atom stereocenters. The SMILES string of the molecule is COc1ccc(C(=O)NCCN2C(=O)S/C(=C\c3ccccc3)C2=O)cc1OC. The lowest BCUT2D eigenvalue weighted by molar-refractivity contribution is -0.122. The van der Waals surface area contributed by atoms with Crippen LogP contribution in [-0.4, -0.2) is 49.3 Å². The van der Waals surface area contributed by atoms with Crippen molar-refractivity contribution in [1.29, 1.82) is 0 Å². The molecule has 0 aliphatic carbocycles. The Hall–Kier alpha value is -3.26. The van der Waals surface area contributed by atoms with Gasteiger partial charge in [-0.05, 0) is 41.6 Å². The van der Waals surface area contributed by atoms with Crippen molar-refractivity contribution in [3.63, 3.8) is 0 Å². The summed E-state index contributed by atoms with van der Waals surface area (Å²) in [5.41, 5.74) is 1.24. The van der Waals surface area contributed by atoms with Gasteiger partial charge in [-0.3, -0.25) is 19.3 Å². The lowest BCUT2D eigenvalue weighted by atomic mass is 10.2. The third-order valence-electron chi connectivity index (χ3n) is 4.24. The maximum atomic E-state index is 12.5. The van der Waals surface area contributed by atoms with Crippen LogP contribution in [0.5, 0.6) is 11.5 Å². The summed E-state index contributed by atoms with van der Waals surface area (Å²) < 4.78 is 10.3. The molecule has 3 rings (SSSR count). The molecule has 1 heterocycles. The van der Waals surface area contributed by atoms with E-state index in [9.17, 15) is 14.4 Å². The number of nitrogens with one attached hydrogen (secondary N) is 1. The molecule has 0 atom stereocenters. The van der Waals surface area contributed by atoms with E-state index in [0.717, 1.165) is 22.2 Å². The number of hydrogen-bond acceptors (Lipinski definition) is 6. The summed E-state index contributed by atoms with van der Waals surface area (Å²) in [6.07, 6.45) is 1.69. The van der Waals surface area contributed by atoms with Crippen molar-refractivity contribution in [3.8, 4) is 11.5 Å². The Balaban J connectivity index is 1.59. The lowest BCUT2D eigenvalue weighted by Gasteiger charge is -2.13. The molecule has 7 nitrogen and oxygen atoms in total. The first-order valence-corrected chi connectivity index (χ1v) is 9.65. The largest absolute Gasteiger partial charge is 0.493 e. The number of hydrogen-bond donors (Lipinski definition) is 1. The van der Waals surface area contributed by atoms with Crippen LogP contribution in [0.25, 0.3) is 6.08 Å². The highest BCUT2D eigenvalue weighted by Crippen LogP contribution is 2.32. The van der Waals surface area contributed by atoms with Crippen molar-refractivity contribution in [2.24, 2.45) is 0 Å². The number of thioether (sulfide) groups is 1. The van der Waals surface area contributed by atoms with Crippen molar-refractivity contribution in [3.05, 3.63) is 64.6 Å². The van der Waals surface area contributed by atoms with Gasteiger partial charge >= 0.3 is 0 Å². The standard InChI is InChI=1S/C21H20N2O5S/c1-27-16-9-8-15(13-17(16)28-2)19(24)22-10-11-23-20(25)18(29-21(23)26)12-14-6-4-3-5-7-14/h3-9,12-13H,10-11H2,1-2H3,(H,22,24)/b18-12-. The van der Waals surface area contributed by atoms with Gasteiger partial charge in [-0.15, -0.1) is 0 Å². The fourth-order valence-electron chi connectivity index (χ4n) is 2.75. The van der Waals surface area contributed by atoms with E-state index >= 15 is 0 Å². The summed E-state index contributed by atoms with van der Waals surface area (Å²) in [5.74, 6) is 0.270. The molecular weight excluding hydrogens is 392 g/mol. The average Bonchev–Trinajstić information content (AvgIpc) is 3.01. The highest BCUT2D eigenvalue weighted by Gasteiger charge is 2.34. The van der Waals surface area contributed by atoms with Crippen LogP contribution in [0.3, 0.4) is 0 Å². The van der Waals surface area contributed by atoms with E-state index in [-0.39, 0.29) is 30.1 Å². The van der Waals surface area contributed by atoms with Crippen molar-refractivity contribution >= 4 is 34.9 Å². The third kappa shape index (κ3) is 4.78. The van der Waals surface area contributed by atoms with Gasteiger partial charge < -0.3 is 14.8 Å². The van der Waals surface area contributed by atoms with Crippen molar-refractivity contribution in [2.75, 3.05) is 27.3 Å². The maximum Gasteiger partial charge on any atom is 0.293 e. The van der Waals surface area contributed by atoms with Gasteiger partial charge in [0, 0.05) is 18.7 Å². The van der Waals surface area contributed by atoms with E-state index in [1.165, 1.54) is 14.2 Å². The second-order valence-corrected chi connectivity index (χ2v) is 7.06. The van der Waals surface area contributed by atoms with E-state index in [2.05, 4.69) is 5.32 Å². The molecular formula is C21H20N2O5S. The second-order valence-electron chi connectivity index (χ2n) is 6.07.